The molecule has 6 heteroatoms. The van der Waals surface area contributed by atoms with Gasteiger partial charge in [0.25, 0.3) is 5.91 Å². The number of likely N-dealkylation sites (tertiary alicyclic amines) is 1. The summed E-state index contributed by atoms with van der Waals surface area (Å²) in [7, 11) is 1.99. The second-order valence-corrected chi connectivity index (χ2v) is 14.2. The molecule has 198 valence electrons. The van der Waals surface area contributed by atoms with E-state index in [4.69, 9.17) is 0 Å². The minimum atomic E-state index is -0.388. The summed E-state index contributed by atoms with van der Waals surface area (Å²) < 4.78 is 2.00. The number of rotatable bonds is 5. The Morgan fingerprint density at radius 2 is 1.58 bits per heavy atom. The van der Waals surface area contributed by atoms with Crippen LogP contribution in [0.1, 0.15) is 107 Å². The van der Waals surface area contributed by atoms with Crippen molar-refractivity contribution in [2.24, 2.45) is 24.8 Å². The van der Waals surface area contributed by atoms with Gasteiger partial charge in [-0.25, -0.2) is 0 Å². The molecule has 36 heavy (non-hydrogen) atoms. The molecule has 5 aliphatic carbocycles. The molecule has 6 nitrogen and oxygen atoms in total. The Kier molecular flexibility index (Phi) is 6.05. The standard InChI is InChI=1S/C30H46N4O2/c1-29(2,3)32-23-5-7-24(8-6-23)34-10-9-25(28(34)36)31-27(35)26-14-22(18-33(26)4)30-15-19-11-20(16-30)13-21(12-19)17-30/h14,18-21,23-25,32H,5-13,15-17H2,1-4H3,(H,31,35)/t19?,20?,21?,23-,24-,25-,30?/m0/s1. The van der Waals surface area contributed by atoms with Gasteiger partial charge in [-0.1, -0.05) is 0 Å². The summed E-state index contributed by atoms with van der Waals surface area (Å²) in [6.45, 7) is 7.41. The van der Waals surface area contributed by atoms with Gasteiger partial charge in [0.1, 0.15) is 11.7 Å². The van der Waals surface area contributed by atoms with Crippen molar-refractivity contribution in [3.8, 4) is 0 Å². The quantitative estimate of drug-likeness (QED) is 0.632. The number of carbonyl (C=O) groups is 2. The molecule has 0 spiro atoms. The summed E-state index contributed by atoms with van der Waals surface area (Å²) >= 11 is 0. The number of nitrogens with zero attached hydrogens (tertiary/aromatic N) is 2. The van der Waals surface area contributed by atoms with Crippen molar-refractivity contribution in [1.29, 1.82) is 0 Å². The molecule has 1 aromatic heterocycles. The minimum absolute atomic E-state index is 0.0910. The lowest BCUT2D eigenvalue weighted by Gasteiger charge is -2.56. The molecule has 5 saturated carbocycles. The zero-order valence-corrected chi connectivity index (χ0v) is 22.8. The lowest BCUT2D eigenvalue weighted by Crippen LogP contribution is -2.49. The van der Waals surface area contributed by atoms with Crippen LogP contribution in [-0.4, -0.2) is 51.5 Å². The van der Waals surface area contributed by atoms with E-state index in [0.717, 1.165) is 56.4 Å². The minimum Gasteiger partial charge on any atom is -0.346 e. The Balaban J connectivity index is 1.08. The molecule has 4 bridgehead atoms. The molecule has 2 amide bonds. The van der Waals surface area contributed by atoms with Crippen LogP contribution in [0.4, 0.5) is 0 Å². The van der Waals surface area contributed by atoms with Crippen LogP contribution >= 0.6 is 0 Å². The Labute approximate surface area is 216 Å². The van der Waals surface area contributed by atoms with E-state index in [9.17, 15) is 9.59 Å². The number of nitrogens with one attached hydrogen (secondary N) is 2. The predicted molar refractivity (Wildman–Crippen MR) is 142 cm³/mol. The lowest BCUT2D eigenvalue weighted by atomic mass is 9.48. The van der Waals surface area contributed by atoms with Crippen molar-refractivity contribution in [3.05, 3.63) is 23.5 Å². The molecule has 1 aliphatic heterocycles. The fourth-order valence-corrected chi connectivity index (χ4v) is 9.12. The molecule has 2 N–H and O–H groups in total. The van der Waals surface area contributed by atoms with E-state index in [1.54, 1.807) is 0 Å². The second kappa shape index (κ2) is 8.89. The number of aryl methyl sites for hydroxylation is 1. The van der Waals surface area contributed by atoms with Gasteiger partial charge < -0.3 is 20.1 Å². The van der Waals surface area contributed by atoms with Gasteiger partial charge in [0.15, 0.2) is 0 Å². The molecular weight excluding hydrogens is 448 g/mol. The van der Waals surface area contributed by atoms with Gasteiger partial charge in [-0.3, -0.25) is 9.59 Å². The highest BCUT2D eigenvalue weighted by Crippen LogP contribution is 2.60. The molecule has 0 unspecified atom stereocenters. The van der Waals surface area contributed by atoms with Crippen LogP contribution in [0.5, 0.6) is 0 Å². The van der Waals surface area contributed by atoms with Gasteiger partial charge in [-0.15, -0.1) is 0 Å². The average molecular weight is 495 g/mol. The molecule has 7 rings (SSSR count). The fraction of sp³-hybridized carbons (Fsp3) is 0.800. The number of hydrogen-bond acceptors (Lipinski definition) is 3. The second-order valence-electron chi connectivity index (χ2n) is 14.2. The lowest BCUT2D eigenvalue weighted by molar-refractivity contribution is -0.131. The largest absolute Gasteiger partial charge is 0.346 e. The van der Waals surface area contributed by atoms with Crippen LogP contribution in [0.3, 0.4) is 0 Å². The van der Waals surface area contributed by atoms with E-state index in [0.29, 0.717) is 17.8 Å². The molecular formula is C30H46N4O2. The van der Waals surface area contributed by atoms with E-state index < -0.39 is 0 Å². The molecule has 2 heterocycles. The van der Waals surface area contributed by atoms with Crippen LogP contribution in [0.15, 0.2) is 12.3 Å². The van der Waals surface area contributed by atoms with Gasteiger partial charge >= 0.3 is 0 Å². The Bertz CT molecular complexity index is 977. The van der Waals surface area contributed by atoms with Gasteiger partial charge in [-0.2, -0.15) is 0 Å². The Hall–Kier alpha value is -1.82. The third kappa shape index (κ3) is 4.52. The summed E-state index contributed by atoms with van der Waals surface area (Å²) in [6, 6.07) is 2.62. The summed E-state index contributed by atoms with van der Waals surface area (Å²) in [5.74, 6) is 2.68. The van der Waals surface area contributed by atoms with Crippen molar-refractivity contribution in [1.82, 2.24) is 20.1 Å². The molecule has 0 radical (unpaired) electrons. The highest BCUT2D eigenvalue weighted by molar-refractivity contribution is 5.97. The number of hydrogen-bond donors (Lipinski definition) is 2. The van der Waals surface area contributed by atoms with Crippen LogP contribution in [0.25, 0.3) is 0 Å². The maximum atomic E-state index is 13.4. The number of amides is 2. The highest BCUT2D eigenvalue weighted by atomic mass is 16.2. The smallest absolute Gasteiger partial charge is 0.268 e. The van der Waals surface area contributed by atoms with Crippen molar-refractivity contribution in [3.63, 3.8) is 0 Å². The Morgan fingerprint density at radius 1 is 0.972 bits per heavy atom. The summed E-state index contributed by atoms with van der Waals surface area (Å²) in [6.07, 6.45) is 15.4. The SMILES string of the molecule is Cn1cc(C23CC4CC(CC(C4)C2)C3)cc1C(=O)N[C@H]1CCN([C@H]2CC[C@H](NC(C)(C)C)CC2)C1=O. The maximum Gasteiger partial charge on any atom is 0.268 e. The Morgan fingerprint density at radius 3 is 2.17 bits per heavy atom. The zero-order chi connectivity index (χ0) is 25.2. The van der Waals surface area contributed by atoms with Crippen molar-refractivity contribution >= 4 is 11.8 Å². The number of aromatic nitrogens is 1. The first-order valence-corrected chi connectivity index (χ1v) is 14.6. The molecule has 6 aliphatic rings. The summed E-state index contributed by atoms with van der Waals surface area (Å²) in [5, 5.41) is 6.84. The summed E-state index contributed by atoms with van der Waals surface area (Å²) in [5.41, 5.74) is 2.49. The first-order valence-electron chi connectivity index (χ1n) is 14.6. The van der Waals surface area contributed by atoms with Crippen molar-refractivity contribution < 1.29 is 9.59 Å². The maximum absolute atomic E-state index is 13.4. The van der Waals surface area contributed by atoms with Gasteiger partial charge in [-0.05, 0) is 126 Å². The van der Waals surface area contributed by atoms with Crippen LogP contribution in [-0.2, 0) is 17.3 Å². The van der Waals surface area contributed by atoms with E-state index in [-0.39, 0.29) is 28.8 Å². The molecule has 1 saturated heterocycles. The first-order chi connectivity index (χ1) is 17.1. The molecule has 6 fully saturated rings. The van der Waals surface area contributed by atoms with Crippen LogP contribution in [0.2, 0.25) is 0 Å². The van der Waals surface area contributed by atoms with Crippen molar-refractivity contribution in [2.75, 3.05) is 6.54 Å². The third-order valence-corrected chi connectivity index (χ3v) is 10.2. The van der Waals surface area contributed by atoms with Crippen LogP contribution in [0, 0.1) is 17.8 Å². The highest BCUT2D eigenvalue weighted by Gasteiger charge is 2.52. The fourth-order valence-electron chi connectivity index (χ4n) is 9.12. The zero-order valence-electron chi connectivity index (χ0n) is 22.8. The average Bonchev–Trinajstić information content (AvgIpc) is 3.36. The molecule has 0 aromatic carbocycles. The monoisotopic (exact) mass is 494 g/mol. The molecule has 1 atom stereocenters. The van der Waals surface area contributed by atoms with E-state index in [2.05, 4.69) is 48.6 Å². The topological polar surface area (TPSA) is 66.4 Å². The predicted octanol–water partition coefficient (Wildman–Crippen LogP) is 4.52. The normalized spacial score (nSPS) is 38.1. The summed E-state index contributed by atoms with van der Waals surface area (Å²) in [4.78, 5) is 28.7. The van der Waals surface area contributed by atoms with E-state index >= 15 is 0 Å². The first kappa shape index (κ1) is 24.5. The van der Waals surface area contributed by atoms with Crippen molar-refractivity contribution in [2.45, 2.75) is 120 Å². The van der Waals surface area contributed by atoms with Gasteiger partial charge in [0.05, 0.1) is 0 Å². The van der Waals surface area contributed by atoms with Crippen LogP contribution < -0.4 is 10.6 Å². The third-order valence-electron chi connectivity index (χ3n) is 10.2. The van der Waals surface area contributed by atoms with E-state index in [1.807, 2.05) is 11.6 Å². The van der Waals surface area contributed by atoms with Gasteiger partial charge in [0, 0.05) is 37.4 Å². The van der Waals surface area contributed by atoms with Gasteiger partial charge in [0.2, 0.25) is 5.91 Å². The number of carbonyl (C=O) groups excluding carboxylic acids is 2. The molecule has 1 aromatic rings. The van der Waals surface area contributed by atoms with E-state index in [1.165, 1.54) is 44.1 Å².